The van der Waals surface area contributed by atoms with Crippen molar-refractivity contribution < 1.29 is 33.3 Å². The van der Waals surface area contributed by atoms with Crippen LogP contribution in [0.5, 0.6) is 17.2 Å². The van der Waals surface area contributed by atoms with Gasteiger partial charge in [-0.25, -0.2) is 4.79 Å². The second kappa shape index (κ2) is 13.0. The van der Waals surface area contributed by atoms with Crippen molar-refractivity contribution in [2.75, 3.05) is 38.7 Å². The molecule has 0 aromatic heterocycles. The molecule has 0 fully saturated rings. The molecule has 47 heavy (non-hydrogen) atoms. The molecule has 240 valence electrons. The highest BCUT2D eigenvalue weighted by Gasteiger charge is 2.42. The van der Waals surface area contributed by atoms with Crippen LogP contribution in [0.4, 0.5) is 11.4 Å². The van der Waals surface area contributed by atoms with Crippen molar-refractivity contribution in [2.45, 2.75) is 31.7 Å². The molecule has 0 radical (unpaired) electrons. The Morgan fingerprint density at radius 2 is 1.40 bits per heavy atom. The number of anilines is 2. The number of hydrogen-bond donors (Lipinski definition) is 1. The fourth-order valence-corrected chi connectivity index (χ4v) is 6.47. The van der Waals surface area contributed by atoms with Gasteiger partial charge in [-0.05, 0) is 66.8 Å². The van der Waals surface area contributed by atoms with Crippen molar-refractivity contribution in [1.82, 2.24) is 0 Å². The number of nitrogens with zero attached hydrogens (tertiary/aromatic N) is 1. The average molecular weight is 633 g/mol. The predicted octanol–water partition coefficient (Wildman–Crippen LogP) is 7.02. The van der Waals surface area contributed by atoms with Crippen LogP contribution in [0.2, 0.25) is 0 Å². The highest BCUT2D eigenvalue weighted by atomic mass is 16.5. The lowest BCUT2D eigenvalue weighted by molar-refractivity contribution is -0.116. The number of ether oxygens (including phenoxy) is 4. The number of fused-ring (bicyclic) bond motifs is 1. The van der Waals surface area contributed by atoms with Crippen LogP contribution in [0, 0.1) is 6.92 Å². The quantitative estimate of drug-likeness (QED) is 0.217. The van der Waals surface area contributed by atoms with Gasteiger partial charge >= 0.3 is 5.97 Å². The summed E-state index contributed by atoms with van der Waals surface area (Å²) in [6.45, 7) is 2.04. The number of rotatable bonds is 7. The third kappa shape index (κ3) is 5.80. The molecule has 2 atom stereocenters. The summed E-state index contributed by atoms with van der Waals surface area (Å²) in [6, 6.07) is 25.0. The number of amides is 1. The molecule has 4 aromatic carbocycles. The number of ketones is 1. The van der Waals surface area contributed by atoms with E-state index in [-0.39, 0.29) is 29.6 Å². The van der Waals surface area contributed by atoms with E-state index in [1.165, 1.54) is 28.4 Å². The summed E-state index contributed by atoms with van der Waals surface area (Å²) in [5, 5.41) is 3.56. The van der Waals surface area contributed by atoms with Crippen LogP contribution in [0.3, 0.4) is 0 Å². The van der Waals surface area contributed by atoms with E-state index in [1.807, 2.05) is 31.2 Å². The second-order valence-corrected chi connectivity index (χ2v) is 11.6. The number of benzene rings is 4. The minimum Gasteiger partial charge on any atom is -0.493 e. The Kier molecular flexibility index (Phi) is 8.72. The maximum atomic E-state index is 14.9. The van der Waals surface area contributed by atoms with Gasteiger partial charge in [-0.1, -0.05) is 54.1 Å². The average Bonchev–Trinajstić information content (AvgIpc) is 3.25. The van der Waals surface area contributed by atoms with Gasteiger partial charge in [-0.15, -0.1) is 0 Å². The minimum absolute atomic E-state index is 0.0405. The number of hydrogen-bond acceptors (Lipinski definition) is 8. The van der Waals surface area contributed by atoms with Crippen molar-refractivity contribution in [3.8, 4) is 17.2 Å². The van der Waals surface area contributed by atoms with Gasteiger partial charge in [-0.3, -0.25) is 14.5 Å². The number of aryl methyl sites for hydroxylation is 1. The molecule has 1 N–H and O–H groups in total. The van der Waals surface area contributed by atoms with Gasteiger partial charge in [0.15, 0.2) is 17.3 Å². The summed E-state index contributed by atoms with van der Waals surface area (Å²) in [6.07, 6.45) is 0.851. The monoisotopic (exact) mass is 632 g/mol. The van der Waals surface area contributed by atoms with E-state index in [0.717, 1.165) is 16.8 Å². The van der Waals surface area contributed by atoms with E-state index in [4.69, 9.17) is 18.9 Å². The largest absolute Gasteiger partial charge is 0.493 e. The zero-order valence-electron chi connectivity index (χ0n) is 27.0. The molecule has 6 rings (SSSR count). The number of methoxy groups -OCH3 is 4. The molecule has 1 aliphatic carbocycles. The van der Waals surface area contributed by atoms with Crippen LogP contribution >= 0.6 is 0 Å². The van der Waals surface area contributed by atoms with Crippen LogP contribution in [0.25, 0.3) is 0 Å². The van der Waals surface area contributed by atoms with E-state index in [1.54, 1.807) is 41.3 Å². The number of para-hydroxylation sites is 2. The van der Waals surface area contributed by atoms with E-state index >= 15 is 0 Å². The van der Waals surface area contributed by atoms with Gasteiger partial charge in [0.2, 0.25) is 5.75 Å². The number of carbonyl (C=O) groups excluding carboxylic acids is 3. The van der Waals surface area contributed by atoms with Crippen molar-refractivity contribution >= 4 is 29.0 Å². The Morgan fingerprint density at radius 3 is 2.02 bits per heavy atom. The van der Waals surface area contributed by atoms with Crippen LogP contribution in [-0.4, -0.2) is 46.1 Å². The molecule has 1 amide bonds. The fourth-order valence-electron chi connectivity index (χ4n) is 6.47. The molecule has 1 aliphatic heterocycles. The van der Waals surface area contributed by atoms with Crippen LogP contribution in [0.1, 0.15) is 62.2 Å². The third-order valence-electron chi connectivity index (χ3n) is 8.82. The number of carbonyl (C=O) groups is 3. The zero-order valence-corrected chi connectivity index (χ0v) is 27.0. The molecule has 0 spiro atoms. The molecule has 0 saturated heterocycles. The van der Waals surface area contributed by atoms with Crippen LogP contribution < -0.4 is 24.4 Å². The normalized spacial score (nSPS) is 17.1. The lowest BCUT2D eigenvalue weighted by Crippen LogP contribution is -2.38. The van der Waals surface area contributed by atoms with Crippen molar-refractivity contribution in [2.24, 2.45) is 0 Å². The van der Waals surface area contributed by atoms with Crippen LogP contribution in [-0.2, 0) is 9.53 Å². The SMILES string of the molecule is COC(=O)c1ccc([C@H]2C3=C(C[C@H](c4ccc(C)cc4)CC3=O)Nc3ccccc3N2C(=O)c2cc(OC)c(OC)c(OC)c2)cc1. The number of allylic oxidation sites excluding steroid dienone is 1. The van der Waals surface area contributed by atoms with E-state index in [0.29, 0.717) is 51.7 Å². The van der Waals surface area contributed by atoms with Gasteiger partial charge < -0.3 is 24.3 Å². The Hall–Kier alpha value is -5.57. The maximum Gasteiger partial charge on any atom is 0.337 e. The lowest BCUT2D eigenvalue weighted by atomic mass is 9.78. The van der Waals surface area contributed by atoms with Crippen molar-refractivity contribution in [3.63, 3.8) is 0 Å². The molecule has 2 aliphatic rings. The molecule has 1 heterocycles. The summed E-state index contributed by atoms with van der Waals surface area (Å²) in [4.78, 5) is 43.3. The summed E-state index contributed by atoms with van der Waals surface area (Å²) in [7, 11) is 5.80. The lowest BCUT2D eigenvalue weighted by Gasteiger charge is -2.35. The summed E-state index contributed by atoms with van der Waals surface area (Å²) in [5.41, 5.74) is 6.04. The Labute approximate surface area is 273 Å². The van der Waals surface area contributed by atoms with E-state index in [2.05, 4.69) is 29.6 Å². The Bertz CT molecular complexity index is 1850. The Balaban J connectivity index is 1.57. The van der Waals surface area contributed by atoms with E-state index < -0.39 is 12.0 Å². The first kappa shape index (κ1) is 31.4. The topological polar surface area (TPSA) is 103 Å². The van der Waals surface area contributed by atoms with Gasteiger partial charge in [0.25, 0.3) is 5.91 Å². The molecule has 9 heteroatoms. The number of esters is 1. The molecule has 0 unspecified atom stereocenters. The van der Waals surface area contributed by atoms with Gasteiger partial charge in [0.1, 0.15) is 0 Å². The molecule has 0 bridgehead atoms. The second-order valence-electron chi connectivity index (χ2n) is 11.6. The fraction of sp³-hybridized carbons (Fsp3) is 0.237. The van der Waals surface area contributed by atoms with Crippen molar-refractivity contribution in [1.29, 1.82) is 0 Å². The molecular weight excluding hydrogens is 596 g/mol. The first-order chi connectivity index (χ1) is 22.8. The zero-order chi connectivity index (χ0) is 33.2. The van der Waals surface area contributed by atoms with Gasteiger partial charge in [0, 0.05) is 23.3 Å². The number of nitrogens with one attached hydrogen (secondary N) is 1. The van der Waals surface area contributed by atoms with Gasteiger partial charge in [0.05, 0.1) is 51.4 Å². The molecule has 0 saturated carbocycles. The highest BCUT2D eigenvalue weighted by Crippen LogP contribution is 2.48. The number of Topliss-reactive ketones (excluding diaryl/α,β-unsaturated/α-hetero) is 1. The minimum atomic E-state index is -0.828. The Morgan fingerprint density at radius 1 is 0.766 bits per heavy atom. The first-order valence-electron chi connectivity index (χ1n) is 15.3. The predicted molar refractivity (Wildman–Crippen MR) is 179 cm³/mol. The molecule has 4 aromatic rings. The highest BCUT2D eigenvalue weighted by molar-refractivity contribution is 6.12. The standard InChI is InChI=1S/C38H36N2O7/c1-22-10-12-23(13-11-22)26-18-29-34(31(41)19-26)35(24-14-16-25(17-15-24)38(43)47-5)40(30-9-7-6-8-28(30)39-29)37(42)27-20-32(44-2)36(46-4)33(21-27)45-3/h6-17,20-21,26,35,39H,18-19H2,1-5H3/t26-,35-/m0/s1. The van der Waals surface area contributed by atoms with E-state index in [9.17, 15) is 14.4 Å². The summed E-state index contributed by atoms with van der Waals surface area (Å²) >= 11 is 0. The smallest absolute Gasteiger partial charge is 0.337 e. The first-order valence-corrected chi connectivity index (χ1v) is 15.3. The third-order valence-corrected chi connectivity index (χ3v) is 8.82. The van der Waals surface area contributed by atoms with Crippen molar-refractivity contribution in [3.05, 3.63) is 124 Å². The molecule has 9 nitrogen and oxygen atoms in total. The molecular formula is C38H36N2O7. The van der Waals surface area contributed by atoms with Crippen LogP contribution in [0.15, 0.2) is 96.2 Å². The summed E-state index contributed by atoms with van der Waals surface area (Å²) < 4.78 is 21.6. The summed E-state index contributed by atoms with van der Waals surface area (Å²) in [5.74, 6) is 0.0271. The van der Waals surface area contributed by atoms with Gasteiger partial charge in [-0.2, -0.15) is 0 Å². The maximum absolute atomic E-state index is 14.9.